The van der Waals surface area contributed by atoms with E-state index in [9.17, 15) is 9.90 Å². The molecule has 0 aliphatic heterocycles. The van der Waals surface area contributed by atoms with Crippen molar-refractivity contribution in [1.82, 2.24) is 0 Å². The highest BCUT2D eigenvalue weighted by molar-refractivity contribution is 6.34. The summed E-state index contributed by atoms with van der Waals surface area (Å²) in [7, 11) is 0. The van der Waals surface area contributed by atoms with Crippen molar-refractivity contribution < 1.29 is 14.6 Å². The van der Waals surface area contributed by atoms with Crippen LogP contribution in [0.3, 0.4) is 0 Å². The largest absolute Gasteiger partial charge is 0.508 e. The van der Waals surface area contributed by atoms with Crippen LogP contribution in [-0.2, 0) is 0 Å². The van der Waals surface area contributed by atoms with Gasteiger partial charge in [0.2, 0.25) is 0 Å². The number of rotatable bonds is 4. The Morgan fingerprint density at radius 1 is 1.30 bits per heavy atom. The summed E-state index contributed by atoms with van der Waals surface area (Å²) >= 11 is 5.94. The second-order valence-corrected chi connectivity index (χ2v) is 4.49. The van der Waals surface area contributed by atoms with Crippen LogP contribution in [-0.4, -0.2) is 17.6 Å². The van der Waals surface area contributed by atoms with Crippen LogP contribution in [0.4, 0.5) is 5.69 Å². The standard InChI is InChI=1S/C15H14ClNO3/c1-2-20-12-5-3-4-10(8-12)17-15(19)13-9-11(18)6-7-14(13)16/h3-9,18H,2H2,1H3,(H,17,19). The SMILES string of the molecule is CCOc1cccc(NC(=O)c2cc(O)ccc2Cl)c1. The number of carbonyl (C=O) groups excluding carboxylic acids is 1. The van der Waals surface area contributed by atoms with Gasteiger partial charge in [0.15, 0.2) is 0 Å². The predicted octanol–water partition coefficient (Wildman–Crippen LogP) is 3.70. The van der Waals surface area contributed by atoms with Gasteiger partial charge in [-0.15, -0.1) is 0 Å². The van der Waals surface area contributed by atoms with E-state index in [4.69, 9.17) is 16.3 Å². The molecule has 0 heterocycles. The minimum absolute atomic E-state index is 0.0115. The average molecular weight is 292 g/mol. The van der Waals surface area contributed by atoms with E-state index in [1.165, 1.54) is 18.2 Å². The molecule has 0 saturated heterocycles. The maximum absolute atomic E-state index is 12.1. The van der Waals surface area contributed by atoms with Crippen molar-refractivity contribution in [3.63, 3.8) is 0 Å². The van der Waals surface area contributed by atoms with Crippen molar-refractivity contribution in [3.8, 4) is 11.5 Å². The molecule has 4 nitrogen and oxygen atoms in total. The van der Waals surface area contributed by atoms with Crippen molar-refractivity contribution in [2.45, 2.75) is 6.92 Å². The summed E-state index contributed by atoms with van der Waals surface area (Å²) in [6.45, 7) is 2.44. The average Bonchev–Trinajstić information content (AvgIpc) is 2.42. The summed E-state index contributed by atoms with van der Waals surface area (Å²) in [5.41, 5.74) is 0.814. The van der Waals surface area contributed by atoms with Gasteiger partial charge < -0.3 is 15.2 Å². The molecule has 2 aromatic rings. The molecule has 20 heavy (non-hydrogen) atoms. The number of ether oxygens (including phenoxy) is 1. The Morgan fingerprint density at radius 2 is 2.10 bits per heavy atom. The van der Waals surface area contributed by atoms with E-state index in [1.54, 1.807) is 24.3 Å². The van der Waals surface area contributed by atoms with Crippen LogP contribution < -0.4 is 10.1 Å². The van der Waals surface area contributed by atoms with Crippen LogP contribution in [0, 0.1) is 0 Å². The maximum Gasteiger partial charge on any atom is 0.257 e. The van der Waals surface area contributed by atoms with Gasteiger partial charge in [0.05, 0.1) is 17.2 Å². The molecule has 2 rings (SSSR count). The first-order valence-corrected chi connectivity index (χ1v) is 6.50. The zero-order chi connectivity index (χ0) is 14.5. The van der Waals surface area contributed by atoms with Crippen molar-refractivity contribution in [2.24, 2.45) is 0 Å². The number of nitrogens with one attached hydrogen (secondary N) is 1. The second-order valence-electron chi connectivity index (χ2n) is 4.08. The number of hydrogen-bond acceptors (Lipinski definition) is 3. The predicted molar refractivity (Wildman–Crippen MR) is 78.7 cm³/mol. The van der Waals surface area contributed by atoms with Crippen molar-refractivity contribution >= 4 is 23.2 Å². The first-order chi connectivity index (χ1) is 9.60. The fraction of sp³-hybridized carbons (Fsp3) is 0.133. The Kier molecular flexibility index (Phi) is 4.48. The lowest BCUT2D eigenvalue weighted by Gasteiger charge is -2.09. The summed E-state index contributed by atoms with van der Waals surface area (Å²) in [4.78, 5) is 12.1. The molecule has 0 atom stereocenters. The van der Waals surface area contributed by atoms with Crippen LogP contribution in [0.5, 0.6) is 11.5 Å². The van der Waals surface area contributed by atoms with E-state index in [0.717, 1.165) is 0 Å². The summed E-state index contributed by atoms with van der Waals surface area (Å²) in [6.07, 6.45) is 0. The van der Waals surface area contributed by atoms with Crippen LogP contribution in [0.1, 0.15) is 17.3 Å². The van der Waals surface area contributed by atoms with Crippen molar-refractivity contribution in [1.29, 1.82) is 0 Å². The molecule has 1 amide bonds. The number of aromatic hydroxyl groups is 1. The summed E-state index contributed by atoms with van der Waals surface area (Å²) in [5.74, 6) is 0.273. The molecule has 0 saturated carbocycles. The fourth-order valence-electron chi connectivity index (χ4n) is 1.72. The van der Waals surface area contributed by atoms with E-state index in [1.807, 2.05) is 6.92 Å². The molecule has 0 spiro atoms. The number of phenolic OH excluding ortho intramolecular Hbond substituents is 1. The van der Waals surface area contributed by atoms with E-state index >= 15 is 0 Å². The third kappa shape index (κ3) is 3.42. The third-order valence-corrected chi connectivity index (χ3v) is 2.93. The first-order valence-electron chi connectivity index (χ1n) is 6.13. The molecular weight excluding hydrogens is 278 g/mol. The Hall–Kier alpha value is -2.20. The quantitative estimate of drug-likeness (QED) is 0.903. The normalized spacial score (nSPS) is 10.1. The Bertz CT molecular complexity index is 628. The highest BCUT2D eigenvalue weighted by atomic mass is 35.5. The lowest BCUT2D eigenvalue weighted by Crippen LogP contribution is -2.12. The molecule has 2 N–H and O–H groups in total. The van der Waals surface area contributed by atoms with Gasteiger partial charge in [-0.25, -0.2) is 0 Å². The van der Waals surface area contributed by atoms with Crippen LogP contribution in [0.15, 0.2) is 42.5 Å². The van der Waals surface area contributed by atoms with E-state index in [0.29, 0.717) is 18.0 Å². The summed E-state index contributed by atoms with van der Waals surface area (Å²) in [6, 6.07) is 11.3. The Labute approximate surface area is 122 Å². The smallest absolute Gasteiger partial charge is 0.257 e. The number of phenols is 1. The molecule has 5 heteroatoms. The van der Waals surface area contributed by atoms with E-state index < -0.39 is 0 Å². The van der Waals surface area contributed by atoms with Crippen LogP contribution in [0.2, 0.25) is 5.02 Å². The molecule has 0 fully saturated rings. The number of anilines is 1. The van der Waals surface area contributed by atoms with Gasteiger partial charge in [-0.2, -0.15) is 0 Å². The van der Waals surface area contributed by atoms with Gasteiger partial charge in [0, 0.05) is 11.8 Å². The second kappa shape index (κ2) is 6.30. The monoisotopic (exact) mass is 291 g/mol. The topological polar surface area (TPSA) is 58.6 Å². The molecule has 0 aliphatic rings. The van der Waals surface area contributed by atoms with Crippen molar-refractivity contribution in [3.05, 3.63) is 53.1 Å². The molecular formula is C15H14ClNO3. The van der Waals surface area contributed by atoms with Gasteiger partial charge in [-0.3, -0.25) is 4.79 Å². The zero-order valence-electron chi connectivity index (χ0n) is 10.9. The Balaban J connectivity index is 2.19. The molecule has 0 bridgehead atoms. The molecule has 0 radical (unpaired) electrons. The maximum atomic E-state index is 12.1. The van der Waals surface area contributed by atoms with Gasteiger partial charge in [0.1, 0.15) is 11.5 Å². The first kappa shape index (κ1) is 14.2. The molecule has 0 aliphatic carbocycles. The fourth-order valence-corrected chi connectivity index (χ4v) is 1.92. The van der Waals surface area contributed by atoms with E-state index in [2.05, 4.69) is 5.32 Å². The third-order valence-electron chi connectivity index (χ3n) is 2.60. The van der Waals surface area contributed by atoms with Crippen molar-refractivity contribution in [2.75, 3.05) is 11.9 Å². The van der Waals surface area contributed by atoms with Gasteiger partial charge in [0.25, 0.3) is 5.91 Å². The van der Waals surface area contributed by atoms with Crippen LogP contribution in [0.25, 0.3) is 0 Å². The lowest BCUT2D eigenvalue weighted by molar-refractivity contribution is 0.102. The van der Waals surface area contributed by atoms with Gasteiger partial charge >= 0.3 is 0 Å². The number of carbonyl (C=O) groups is 1. The van der Waals surface area contributed by atoms with E-state index in [-0.39, 0.29) is 22.2 Å². The highest BCUT2D eigenvalue weighted by Gasteiger charge is 2.11. The van der Waals surface area contributed by atoms with Gasteiger partial charge in [-0.1, -0.05) is 17.7 Å². The highest BCUT2D eigenvalue weighted by Crippen LogP contribution is 2.23. The lowest BCUT2D eigenvalue weighted by atomic mass is 10.2. The Morgan fingerprint density at radius 3 is 2.85 bits per heavy atom. The minimum atomic E-state index is -0.389. The molecule has 2 aromatic carbocycles. The number of amides is 1. The minimum Gasteiger partial charge on any atom is -0.508 e. The number of hydrogen-bond donors (Lipinski definition) is 2. The number of halogens is 1. The molecule has 0 unspecified atom stereocenters. The van der Waals surface area contributed by atoms with Crippen LogP contribution >= 0.6 is 11.6 Å². The summed E-state index contributed by atoms with van der Waals surface area (Å²) in [5, 5.41) is 12.4. The summed E-state index contributed by atoms with van der Waals surface area (Å²) < 4.78 is 5.36. The molecule has 104 valence electrons. The number of benzene rings is 2. The zero-order valence-corrected chi connectivity index (χ0v) is 11.6. The van der Waals surface area contributed by atoms with Gasteiger partial charge in [-0.05, 0) is 37.3 Å². The molecule has 0 aromatic heterocycles.